The number of hydrogen-bond donors (Lipinski definition) is 1. The third-order valence-electron chi connectivity index (χ3n) is 3.58. The van der Waals surface area contributed by atoms with Gasteiger partial charge in [-0.15, -0.1) is 0 Å². The quantitative estimate of drug-likeness (QED) is 0.787. The normalized spacial score (nSPS) is 25.2. The van der Waals surface area contributed by atoms with Crippen molar-refractivity contribution in [2.45, 2.75) is 38.3 Å². The molecule has 2 heteroatoms. The summed E-state index contributed by atoms with van der Waals surface area (Å²) in [6, 6.07) is 0.244. The Morgan fingerprint density at radius 3 is 2.69 bits per heavy atom. The maximum atomic E-state index is 10.4. The van der Waals surface area contributed by atoms with E-state index >= 15 is 0 Å². The maximum absolute atomic E-state index is 10.4. The third kappa shape index (κ3) is 2.63. The van der Waals surface area contributed by atoms with Gasteiger partial charge < -0.3 is 5.11 Å². The molecular formula is C14H21NO. The van der Waals surface area contributed by atoms with Crippen LogP contribution in [0.5, 0.6) is 0 Å². The average molecular weight is 219 g/mol. The molecule has 2 nitrogen and oxygen atoms in total. The van der Waals surface area contributed by atoms with Crippen molar-refractivity contribution in [2.75, 3.05) is 13.1 Å². The molecule has 0 bridgehead atoms. The number of aliphatic hydroxyl groups excluding tert-OH is 1. The topological polar surface area (TPSA) is 23.5 Å². The molecule has 0 spiro atoms. The van der Waals surface area contributed by atoms with Crippen LogP contribution in [-0.4, -0.2) is 35.2 Å². The Balaban J connectivity index is 2.00. The number of allylic oxidation sites excluding steroid dienone is 5. The second kappa shape index (κ2) is 5.46. The summed E-state index contributed by atoms with van der Waals surface area (Å²) in [5.41, 5.74) is 1.13. The van der Waals surface area contributed by atoms with Crippen molar-refractivity contribution in [1.82, 2.24) is 4.90 Å². The summed E-state index contributed by atoms with van der Waals surface area (Å²) >= 11 is 0. The molecule has 1 fully saturated rings. The van der Waals surface area contributed by atoms with Gasteiger partial charge in [0.15, 0.2) is 0 Å². The predicted octanol–water partition coefficient (Wildman–Crippen LogP) is 2.27. The Labute approximate surface area is 98.0 Å². The van der Waals surface area contributed by atoms with E-state index in [1.807, 2.05) is 18.2 Å². The van der Waals surface area contributed by atoms with Crippen LogP contribution in [0.15, 0.2) is 36.0 Å². The molecule has 1 saturated heterocycles. The molecule has 2 atom stereocenters. The fraction of sp³-hybridized carbons (Fsp3) is 0.571. The van der Waals surface area contributed by atoms with Gasteiger partial charge in [0.1, 0.15) is 0 Å². The molecule has 88 valence electrons. The Hall–Kier alpha value is -0.860. The van der Waals surface area contributed by atoms with Crippen LogP contribution in [0.3, 0.4) is 0 Å². The van der Waals surface area contributed by atoms with E-state index in [1.165, 1.54) is 12.8 Å². The van der Waals surface area contributed by atoms with Gasteiger partial charge in [0.25, 0.3) is 0 Å². The van der Waals surface area contributed by atoms with Crippen LogP contribution in [-0.2, 0) is 0 Å². The van der Waals surface area contributed by atoms with Crippen LogP contribution >= 0.6 is 0 Å². The van der Waals surface area contributed by atoms with E-state index in [0.29, 0.717) is 0 Å². The molecule has 0 aromatic rings. The molecule has 2 unspecified atom stereocenters. The van der Waals surface area contributed by atoms with E-state index in [4.69, 9.17) is 0 Å². The minimum atomic E-state index is -0.328. The predicted molar refractivity (Wildman–Crippen MR) is 67.3 cm³/mol. The van der Waals surface area contributed by atoms with Gasteiger partial charge in [-0.2, -0.15) is 0 Å². The van der Waals surface area contributed by atoms with Crippen LogP contribution in [0.25, 0.3) is 0 Å². The van der Waals surface area contributed by atoms with Gasteiger partial charge >= 0.3 is 0 Å². The molecule has 1 heterocycles. The summed E-state index contributed by atoms with van der Waals surface area (Å²) in [6.07, 6.45) is 13.3. The lowest BCUT2D eigenvalue weighted by Gasteiger charge is -2.29. The molecule has 0 saturated carbocycles. The highest BCUT2D eigenvalue weighted by atomic mass is 16.3. The number of likely N-dealkylation sites (tertiary alicyclic amines) is 1. The van der Waals surface area contributed by atoms with Gasteiger partial charge in [-0.3, -0.25) is 4.90 Å². The molecule has 1 aliphatic heterocycles. The van der Waals surface area contributed by atoms with Gasteiger partial charge in [0.2, 0.25) is 0 Å². The molecule has 2 rings (SSSR count). The Morgan fingerprint density at radius 1 is 1.19 bits per heavy atom. The molecule has 1 N–H and O–H groups in total. The first kappa shape index (κ1) is 11.6. The van der Waals surface area contributed by atoms with Gasteiger partial charge in [-0.1, -0.05) is 30.4 Å². The fourth-order valence-corrected chi connectivity index (χ4v) is 2.47. The van der Waals surface area contributed by atoms with Crippen LogP contribution in [0.2, 0.25) is 0 Å². The van der Waals surface area contributed by atoms with E-state index in [9.17, 15) is 5.11 Å². The fourth-order valence-electron chi connectivity index (χ4n) is 2.47. The van der Waals surface area contributed by atoms with Crippen molar-refractivity contribution in [3.63, 3.8) is 0 Å². The first-order chi connectivity index (χ1) is 7.79. The Kier molecular flexibility index (Phi) is 3.97. The van der Waals surface area contributed by atoms with E-state index < -0.39 is 0 Å². The summed E-state index contributed by atoms with van der Waals surface area (Å²) in [6.45, 7) is 4.41. The molecule has 1 aliphatic carbocycles. The number of nitrogens with zero attached hydrogens (tertiary/aromatic N) is 1. The van der Waals surface area contributed by atoms with Crippen molar-refractivity contribution < 1.29 is 5.11 Å². The number of hydrogen-bond acceptors (Lipinski definition) is 2. The molecule has 0 aromatic carbocycles. The molecule has 2 aliphatic rings. The highest BCUT2D eigenvalue weighted by Gasteiger charge is 2.25. The van der Waals surface area contributed by atoms with Crippen molar-refractivity contribution in [3.8, 4) is 0 Å². The minimum absolute atomic E-state index is 0.244. The van der Waals surface area contributed by atoms with E-state index in [0.717, 1.165) is 25.1 Å². The third-order valence-corrected chi connectivity index (χ3v) is 3.58. The molecule has 0 radical (unpaired) electrons. The van der Waals surface area contributed by atoms with E-state index in [2.05, 4.69) is 24.0 Å². The molecular weight excluding hydrogens is 198 g/mol. The average Bonchev–Trinajstić information content (AvgIpc) is 2.70. The van der Waals surface area contributed by atoms with Gasteiger partial charge in [0.05, 0.1) is 6.10 Å². The molecule has 16 heavy (non-hydrogen) atoms. The van der Waals surface area contributed by atoms with Crippen molar-refractivity contribution >= 4 is 0 Å². The zero-order chi connectivity index (χ0) is 11.4. The number of aliphatic hydroxyl groups is 1. The van der Waals surface area contributed by atoms with Crippen LogP contribution in [0.4, 0.5) is 0 Å². The second-order valence-electron chi connectivity index (χ2n) is 4.69. The highest BCUT2D eigenvalue weighted by molar-refractivity contribution is 5.26. The van der Waals surface area contributed by atoms with E-state index in [1.54, 1.807) is 0 Å². The van der Waals surface area contributed by atoms with Crippen molar-refractivity contribution in [2.24, 2.45) is 0 Å². The highest BCUT2D eigenvalue weighted by Crippen LogP contribution is 2.21. The first-order valence-electron chi connectivity index (χ1n) is 6.23. The van der Waals surface area contributed by atoms with Crippen LogP contribution in [0.1, 0.15) is 26.2 Å². The monoisotopic (exact) mass is 219 g/mol. The van der Waals surface area contributed by atoms with Gasteiger partial charge in [0, 0.05) is 6.04 Å². The molecule has 0 aromatic heterocycles. The van der Waals surface area contributed by atoms with Crippen molar-refractivity contribution in [1.29, 1.82) is 0 Å². The lowest BCUT2D eigenvalue weighted by atomic mass is 9.99. The van der Waals surface area contributed by atoms with Crippen molar-refractivity contribution in [3.05, 3.63) is 36.0 Å². The standard InChI is InChI=1S/C14H21NO/c1-12(15-10-6-7-11-15)14(16)13-8-4-2-3-5-9-13/h2-5,8,12,14,16H,6-7,9-11H2,1H3. The maximum Gasteiger partial charge on any atom is 0.0908 e. The molecule has 0 amide bonds. The zero-order valence-electron chi connectivity index (χ0n) is 9.97. The lowest BCUT2D eigenvalue weighted by molar-refractivity contribution is 0.0962. The summed E-state index contributed by atoms with van der Waals surface area (Å²) in [7, 11) is 0. The summed E-state index contributed by atoms with van der Waals surface area (Å²) in [5, 5.41) is 10.4. The summed E-state index contributed by atoms with van der Waals surface area (Å²) in [4.78, 5) is 2.39. The summed E-state index contributed by atoms with van der Waals surface area (Å²) in [5.74, 6) is 0. The lowest BCUT2D eigenvalue weighted by Crippen LogP contribution is -2.40. The first-order valence-corrected chi connectivity index (χ1v) is 6.23. The SMILES string of the molecule is CC(C(O)C1=CC=CC=CC1)N1CCCC1. The van der Waals surface area contributed by atoms with Gasteiger partial charge in [-0.05, 0) is 44.8 Å². The zero-order valence-corrected chi connectivity index (χ0v) is 9.97. The second-order valence-corrected chi connectivity index (χ2v) is 4.69. The van der Waals surface area contributed by atoms with Gasteiger partial charge in [-0.25, -0.2) is 0 Å². The summed E-state index contributed by atoms with van der Waals surface area (Å²) < 4.78 is 0. The van der Waals surface area contributed by atoms with Crippen LogP contribution in [0, 0.1) is 0 Å². The van der Waals surface area contributed by atoms with E-state index in [-0.39, 0.29) is 12.1 Å². The smallest absolute Gasteiger partial charge is 0.0908 e. The largest absolute Gasteiger partial charge is 0.387 e. The Morgan fingerprint density at radius 2 is 1.94 bits per heavy atom. The van der Waals surface area contributed by atoms with Crippen LogP contribution < -0.4 is 0 Å². The number of rotatable bonds is 3. The Bertz CT molecular complexity index is 311. The minimum Gasteiger partial charge on any atom is -0.387 e.